The monoisotopic (exact) mass is 304 g/mol. The predicted molar refractivity (Wildman–Crippen MR) is 84.1 cm³/mol. The second-order valence-corrected chi connectivity index (χ2v) is 5.79. The molecule has 5 heteroatoms. The van der Waals surface area contributed by atoms with E-state index >= 15 is 0 Å². The van der Waals surface area contributed by atoms with Crippen LogP contribution in [-0.2, 0) is 20.9 Å². The van der Waals surface area contributed by atoms with Crippen LogP contribution in [0.4, 0.5) is 0 Å². The highest BCUT2D eigenvalue weighted by Crippen LogP contribution is 2.38. The van der Waals surface area contributed by atoms with Crippen molar-refractivity contribution in [1.82, 2.24) is 10.6 Å². The topological polar surface area (TPSA) is 67.4 Å². The number of hydrogen-bond donors (Lipinski definition) is 2. The summed E-state index contributed by atoms with van der Waals surface area (Å²) in [4.78, 5) is 23.9. The smallest absolute Gasteiger partial charge is 0.224 e. The molecule has 1 aromatic carbocycles. The zero-order valence-electron chi connectivity index (χ0n) is 13.2. The van der Waals surface area contributed by atoms with Crippen molar-refractivity contribution in [3.63, 3.8) is 0 Å². The van der Waals surface area contributed by atoms with Crippen molar-refractivity contribution in [3.8, 4) is 0 Å². The maximum Gasteiger partial charge on any atom is 0.224 e. The van der Waals surface area contributed by atoms with E-state index in [1.807, 2.05) is 31.2 Å². The van der Waals surface area contributed by atoms with Crippen LogP contribution < -0.4 is 10.6 Å². The minimum Gasteiger partial charge on any atom is -0.385 e. The normalized spacial score (nSPS) is 19.5. The largest absolute Gasteiger partial charge is 0.385 e. The molecule has 0 saturated heterocycles. The number of carbonyl (C=O) groups is 2. The lowest BCUT2D eigenvalue weighted by Crippen LogP contribution is -2.30. The molecule has 5 nitrogen and oxygen atoms in total. The second kappa shape index (κ2) is 7.94. The SMILES string of the molecule is COCCCNC(=O)C1CC1C(=O)NCc1ccc(C)cc1. The molecular formula is C17H24N2O3. The molecule has 2 unspecified atom stereocenters. The van der Waals surface area contributed by atoms with Crippen LogP contribution >= 0.6 is 0 Å². The van der Waals surface area contributed by atoms with Gasteiger partial charge in [-0.25, -0.2) is 0 Å². The first-order chi connectivity index (χ1) is 10.6. The van der Waals surface area contributed by atoms with Gasteiger partial charge in [0, 0.05) is 26.8 Å². The van der Waals surface area contributed by atoms with Crippen molar-refractivity contribution in [2.24, 2.45) is 11.8 Å². The lowest BCUT2D eigenvalue weighted by atomic mass is 10.1. The molecule has 2 rings (SSSR count). The highest BCUT2D eigenvalue weighted by Gasteiger charge is 2.47. The summed E-state index contributed by atoms with van der Waals surface area (Å²) in [6.45, 7) is 3.77. The molecule has 1 aliphatic rings. The summed E-state index contributed by atoms with van der Waals surface area (Å²) in [5.41, 5.74) is 2.27. The van der Waals surface area contributed by atoms with Gasteiger partial charge in [0.2, 0.25) is 11.8 Å². The van der Waals surface area contributed by atoms with Crippen molar-refractivity contribution in [1.29, 1.82) is 0 Å². The molecule has 2 N–H and O–H groups in total. The Kier molecular flexibility index (Phi) is 5.95. The van der Waals surface area contributed by atoms with Gasteiger partial charge in [-0.3, -0.25) is 9.59 Å². The summed E-state index contributed by atoms with van der Waals surface area (Å²) < 4.78 is 4.93. The molecule has 0 aliphatic heterocycles. The Bertz CT molecular complexity index is 513. The van der Waals surface area contributed by atoms with Crippen molar-refractivity contribution < 1.29 is 14.3 Å². The van der Waals surface area contributed by atoms with Gasteiger partial charge in [0.25, 0.3) is 0 Å². The molecule has 1 fully saturated rings. The van der Waals surface area contributed by atoms with Crippen molar-refractivity contribution in [2.45, 2.75) is 26.3 Å². The number of carbonyl (C=O) groups excluding carboxylic acids is 2. The van der Waals surface area contributed by atoms with Gasteiger partial charge in [-0.1, -0.05) is 29.8 Å². The number of methoxy groups -OCH3 is 1. The number of rotatable bonds is 8. The van der Waals surface area contributed by atoms with Crippen LogP contribution in [0.15, 0.2) is 24.3 Å². The van der Waals surface area contributed by atoms with Gasteiger partial charge < -0.3 is 15.4 Å². The number of hydrogen-bond acceptors (Lipinski definition) is 3. The van der Waals surface area contributed by atoms with E-state index in [0.717, 1.165) is 12.0 Å². The lowest BCUT2D eigenvalue weighted by molar-refractivity contribution is -0.127. The third kappa shape index (κ3) is 4.84. The minimum atomic E-state index is -0.173. The molecule has 0 spiro atoms. The summed E-state index contributed by atoms with van der Waals surface area (Å²) in [7, 11) is 1.64. The first kappa shape index (κ1) is 16.5. The number of benzene rings is 1. The van der Waals surface area contributed by atoms with Crippen LogP contribution in [0, 0.1) is 18.8 Å². The van der Waals surface area contributed by atoms with E-state index in [1.165, 1.54) is 5.56 Å². The van der Waals surface area contributed by atoms with Gasteiger partial charge in [-0.05, 0) is 25.3 Å². The summed E-state index contributed by atoms with van der Waals surface area (Å²) in [5.74, 6) is -0.391. The molecule has 1 saturated carbocycles. The van der Waals surface area contributed by atoms with Gasteiger partial charge in [0.05, 0.1) is 11.8 Å². The second-order valence-electron chi connectivity index (χ2n) is 5.79. The van der Waals surface area contributed by atoms with Crippen molar-refractivity contribution in [3.05, 3.63) is 35.4 Å². The quantitative estimate of drug-likeness (QED) is 0.713. The fraction of sp³-hybridized carbons (Fsp3) is 0.529. The van der Waals surface area contributed by atoms with E-state index in [4.69, 9.17) is 4.74 Å². The zero-order valence-corrected chi connectivity index (χ0v) is 13.2. The van der Waals surface area contributed by atoms with E-state index in [0.29, 0.717) is 26.1 Å². The predicted octanol–water partition coefficient (Wildman–Crippen LogP) is 1.40. The molecule has 0 heterocycles. The van der Waals surface area contributed by atoms with Crippen LogP contribution in [0.25, 0.3) is 0 Å². The van der Waals surface area contributed by atoms with Gasteiger partial charge in [-0.15, -0.1) is 0 Å². The number of ether oxygens (including phenoxy) is 1. The average molecular weight is 304 g/mol. The molecule has 1 aromatic rings. The molecule has 2 atom stereocenters. The number of aryl methyl sites for hydroxylation is 1. The lowest BCUT2D eigenvalue weighted by Gasteiger charge is -2.06. The Morgan fingerprint density at radius 1 is 1.14 bits per heavy atom. The van der Waals surface area contributed by atoms with E-state index in [2.05, 4.69) is 10.6 Å². The molecule has 0 bridgehead atoms. The van der Waals surface area contributed by atoms with Gasteiger partial charge in [-0.2, -0.15) is 0 Å². The van der Waals surface area contributed by atoms with Crippen LogP contribution in [0.3, 0.4) is 0 Å². The highest BCUT2D eigenvalue weighted by atomic mass is 16.5. The Labute approximate surface area is 131 Å². The summed E-state index contributed by atoms with van der Waals surface area (Å²) >= 11 is 0. The average Bonchev–Trinajstić information content (AvgIpc) is 3.31. The molecule has 120 valence electrons. The van der Waals surface area contributed by atoms with E-state index in [1.54, 1.807) is 7.11 Å². The Balaban J connectivity index is 1.67. The Hall–Kier alpha value is -1.88. The summed E-state index contributed by atoms with van der Waals surface area (Å²) in [5, 5.41) is 5.75. The van der Waals surface area contributed by atoms with Gasteiger partial charge in [0.15, 0.2) is 0 Å². The first-order valence-electron chi connectivity index (χ1n) is 7.71. The maximum atomic E-state index is 12.0. The van der Waals surface area contributed by atoms with Crippen LogP contribution in [0.1, 0.15) is 24.0 Å². The number of nitrogens with one attached hydrogen (secondary N) is 2. The fourth-order valence-electron chi connectivity index (χ4n) is 2.36. The molecule has 22 heavy (non-hydrogen) atoms. The van der Waals surface area contributed by atoms with E-state index < -0.39 is 0 Å². The summed E-state index contributed by atoms with van der Waals surface area (Å²) in [6.07, 6.45) is 1.44. The maximum absolute atomic E-state index is 12.0. The molecule has 2 amide bonds. The highest BCUT2D eigenvalue weighted by molar-refractivity contribution is 5.92. The van der Waals surface area contributed by atoms with E-state index in [-0.39, 0.29) is 23.7 Å². The Morgan fingerprint density at radius 3 is 2.41 bits per heavy atom. The van der Waals surface area contributed by atoms with Crippen molar-refractivity contribution >= 4 is 11.8 Å². The molecule has 0 radical (unpaired) electrons. The third-order valence-electron chi connectivity index (χ3n) is 3.88. The summed E-state index contributed by atoms with van der Waals surface area (Å²) in [6, 6.07) is 8.05. The van der Waals surface area contributed by atoms with Crippen molar-refractivity contribution in [2.75, 3.05) is 20.3 Å². The van der Waals surface area contributed by atoms with Crippen LogP contribution in [0.5, 0.6) is 0 Å². The minimum absolute atomic E-state index is 0.0217. The van der Waals surface area contributed by atoms with Gasteiger partial charge >= 0.3 is 0 Å². The number of amides is 2. The fourth-order valence-corrected chi connectivity index (χ4v) is 2.36. The van der Waals surface area contributed by atoms with Gasteiger partial charge in [0.1, 0.15) is 0 Å². The third-order valence-corrected chi connectivity index (χ3v) is 3.88. The standard InChI is InChI=1S/C17H24N2O3/c1-12-4-6-13(7-5-12)11-19-17(21)15-10-14(15)16(20)18-8-3-9-22-2/h4-7,14-15H,3,8-11H2,1-2H3,(H,18,20)(H,19,21). The van der Waals surface area contributed by atoms with E-state index in [9.17, 15) is 9.59 Å². The van der Waals surface area contributed by atoms with Crippen LogP contribution in [-0.4, -0.2) is 32.1 Å². The zero-order chi connectivity index (χ0) is 15.9. The molecule has 1 aliphatic carbocycles. The Morgan fingerprint density at radius 2 is 1.77 bits per heavy atom. The molecular weight excluding hydrogens is 280 g/mol. The molecule has 0 aromatic heterocycles. The first-order valence-corrected chi connectivity index (χ1v) is 7.71. The van der Waals surface area contributed by atoms with Crippen LogP contribution in [0.2, 0.25) is 0 Å².